The third-order valence-electron chi connectivity index (χ3n) is 3.73. The molecule has 2 atom stereocenters. The highest BCUT2D eigenvalue weighted by atomic mass is 35.5. The van der Waals surface area contributed by atoms with Gasteiger partial charge in [-0.15, -0.1) is 12.4 Å². The third kappa shape index (κ3) is 4.79. The minimum atomic E-state index is -4.43. The topological polar surface area (TPSA) is 61.4 Å². The van der Waals surface area contributed by atoms with Gasteiger partial charge in [-0.3, -0.25) is 4.79 Å². The maximum atomic E-state index is 13.5. The van der Waals surface area contributed by atoms with Crippen LogP contribution in [0.3, 0.4) is 0 Å². The molecule has 2 rings (SSSR count). The van der Waals surface area contributed by atoms with E-state index >= 15 is 0 Å². The molecule has 1 aliphatic rings. The van der Waals surface area contributed by atoms with Gasteiger partial charge in [0.1, 0.15) is 5.82 Å². The Morgan fingerprint density at radius 3 is 2.61 bits per heavy atom. The molecular weight excluding hydrogens is 340 g/mol. The Kier molecular flexibility index (Phi) is 6.79. The van der Waals surface area contributed by atoms with Crippen molar-refractivity contribution < 1.29 is 27.5 Å². The summed E-state index contributed by atoms with van der Waals surface area (Å²) in [5, 5.41) is 13.8. The standard InChI is InChI=1S/C14H16F4N2O2.ClH/c15-12-3-8(1-2-9(12)7-21)4-20-13(22)10-5-19-6-11(10)14(16,17)18;/h1-3,10-11,19,21H,4-7H2,(H,20,22);1H/t10-,11-;/m1./s1. The van der Waals surface area contributed by atoms with Gasteiger partial charge in [-0.1, -0.05) is 12.1 Å². The van der Waals surface area contributed by atoms with Gasteiger partial charge in [-0.2, -0.15) is 13.2 Å². The minimum absolute atomic E-state index is 0. The van der Waals surface area contributed by atoms with Crippen molar-refractivity contribution in [3.8, 4) is 0 Å². The van der Waals surface area contributed by atoms with Crippen LogP contribution in [0.1, 0.15) is 11.1 Å². The molecule has 0 saturated carbocycles. The molecule has 0 spiro atoms. The lowest BCUT2D eigenvalue weighted by atomic mass is 9.94. The van der Waals surface area contributed by atoms with Gasteiger partial charge in [0, 0.05) is 25.2 Å². The normalized spacial score (nSPS) is 20.9. The van der Waals surface area contributed by atoms with Crippen LogP contribution in [0.25, 0.3) is 0 Å². The van der Waals surface area contributed by atoms with Gasteiger partial charge < -0.3 is 15.7 Å². The minimum Gasteiger partial charge on any atom is -0.392 e. The summed E-state index contributed by atoms with van der Waals surface area (Å²) in [5.41, 5.74) is 0.532. The zero-order chi connectivity index (χ0) is 16.3. The number of hydrogen-bond acceptors (Lipinski definition) is 3. The fourth-order valence-electron chi connectivity index (χ4n) is 2.45. The molecule has 0 unspecified atom stereocenters. The first-order valence-corrected chi connectivity index (χ1v) is 6.76. The van der Waals surface area contributed by atoms with E-state index in [1.807, 2.05) is 0 Å². The summed E-state index contributed by atoms with van der Waals surface area (Å²) >= 11 is 0. The summed E-state index contributed by atoms with van der Waals surface area (Å²) in [5.74, 6) is -4.22. The lowest BCUT2D eigenvalue weighted by Gasteiger charge is -2.20. The van der Waals surface area contributed by atoms with E-state index in [2.05, 4.69) is 10.6 Å². The SMILES string of the molecule is Cl.O=C(NCc1ccc(CO)c(F)c1)[C@@H]1CNC[C@H]1C(F)(F)F. The smallest absolute Gasteiger partial charge is 0.392 e. The number of aliphatic hydroxyl groups excluding tert-OH is 1. The Morgan fingerprint density at radius 1 is 1.35 bits per heavy atom. The summed E-state index contributed by atoms with van der Waals surface area (Å²) in [6.45, 7) is -0.822. The number of rotatable bonds is 4. The van der Waals surface area contributed by atoms with Gasteiger partial charge in [0.05, 0.1) is 18.4 Å². The average molecular weight is 357 g/mol. The number of hydrogen-bond donors (Lipinski definition) is 3. The molecule has 0 aromatic heterocycles. The van der Waals surface area contributed by atoms with Gasteiger partial charge >= 0.3 is 6.18 Å². The predicted octanol–water partition coefficient (Wildman–Crippen LogP) is 1.75. The zero-order valence-electron chi connectivity index (χ0n) is 12.0. The third-order valence-corrected chi connectivity index (χ3v) is 3.73. The molecule has 1 aromatic rings. The molecule has 130 valence electrons. The van der Waals surface area contributed by atoms with Crippen molar-refractivity contribution in [1.29, 1.82) is 0 Å². The lowest BCUT2D eigenvalue weighted by molar-refractivity contribution is -0.182. The molecule has 3 N–H and O–H groups in total. The van der Waals surface area contributed by atoms with Crippen LogP contribution in [0.2, 0.25) is 0 Å². The van der Waals surface area contributed by atoms with Crippen LogP contribution in [-0.4, -0.2) is 30.3 Å². The molecule has 1 aromatic carbocycles. The highest BCUT2D eigenvalue weighted by Gasteiger charge is 2.49. The number of benzene rings is 1. The van der Waals surface area contributed by atoms with Crippen LogP contribution in [0.15, 0.2) is 18.2 Å². The Bertz CT molecular complexity index is 554. The monoisotopic (exact) mass is 356 g/mol. The number of halogens is 5. The van der Waals surface area contributed by atoms with Gasteiger partial charge in [0.15, 0.2) is 0 Å². The molecule has 1 fully saturated rings. The number of nitrogens with one attached hydrogen (secondary N) is 2. The second-order valence-corrected chi connectivity index (χ2v) is 5.21. The highest BCUT2D eigenvalue weighted by molar-refractivity contribution is 5.85. The number of amides is 1. The first-order chi connectivity index (χ1) is 10.3. The van der Waals surface area contributed by atoms with Crippen LogP contribution in [-0.2, 0) is 17.9 Å². The van der Waals surface area contributed by atoms with E-state index in [9.17, 15) is 22.4 Å². The van der Waals surface area contributed by atoms with Crippen LogP contribution in [0, 0.1) is 17.7 Å². The first kappa shape index (κ1) is 19.7. The maximum Gasteiger partial charge on any atom is 0.393 e. The molecule has 4 nitrogen and oxygen atoms in total. The largest absolute Gasteiger partial charge is 0.393 e. The lowest BCUT2D eigenvalue weighted by Crippen LogP contribution is -2.39. The van der Waals surface area contributed by atoms with Crippen molar-refractivity contribution >= 4 is 18.3 Å². The molecule has 0 aliphatic carbocycles. The zero-order valence-corrected chi connectivity index (χ0v) is 12.8. The second kappa shape index (κ2) is 7.94. The van der Waals surface area contributed by atoms with Crippen molar-refractivity contribution in [3.05, 3.63) is 35.1 Å². The van der Waals surface area contributed by atoms with E-state index in [1.54, 1.807) is 0 Å². The van der Waals surface area contributed by atoms with Crippen molar-refractivity contribution in [2.24, 2.45) is 11.8 Å². The summed E-state index contributed by atoms with van der Waals surface area (Å²) in [4.78, 5) is 11.9. The van der Waals surface area contributed by atoms with Crippen molar-refractivity contribution in [2.45, 2.75) is 19.3 Å². The van der Waals surface area contributed by atoms with Crippen molar-refractivity contribution in [1.82, 2.24) is 10.6 Å². The summed E-state index contributed by atoms with van der Waals surface area (Å²) in [6.07, 6.45) is -4.43. The molecule has 1 amide bonds. The van der Waals surface area contributed by atoms with E-state index in [1.165, 1.54) is 12.1 Å². The van der Waals surface area contributed by atoms with Crippen LogP contribution in [0.4, 0.5) is 17.6 Å². The fourth-order valence-corrected chi connectivity index (χ4v) is 2.45. The molecule has 9 heteroatoms. The number of alkyl halides is 3. The fraction of sp³-hybridized carbons (Fsp3) is 0.500. The van der Waals surface area contributed by atoms with E-state index in [-0.39, 0.29) is 37.6 Å². The number of aliphatic hydroxyl groups is 1. The van der Waals surface area contributed by atoms with Crippen LogP contribution >= 0.6 is 12.4 Å². The van der Waals surface area contributed by atoms with Crippen molar-refractivity contribution in [2.75, 3.05) is 13.1 Å². The van der Waals surface area contributed by atoms with Crippen LogP contribution < -0.4 is 10.6 Å². The number of carbonyl (C=O) groups is 1. The predicted molar refractivity (Wildman–Crippen MR) is 77.3 cm³/mol. The molecule has 0 bridgehead atoms. The van der Waals surface area contributed by atoms with E-state index in [4.69, 9.17) is 5.11 Å². The molecule has 1 saturated heterocycles. The molecule has 0 radical (unpaired) electrons. The van der Waals surface area contributed by atoms with Gasteiger partial charge in [-0.05, 0) is 11.6 Å². The Labute approximate surface area is 136 Å². The highest BCUT2D eigenvalue weighted by Crippen LogP contribution is 2.34. The summed E-state index contributed by atoms with van der Waals surface area (Å²) in [6, 6.07) is 4.01. The first-order valence-electron chi connectivity index (χ1n) is 6.76. The molecule has 1 heterocycles. The molecular formula is C14H17ClF4N2O2. The molecule has 1 aliphatic heterocycles. The quantitative estimate of drug-likeness (QED) is 0.720. The second-order valence-electron chi connectivity index (χ2n) is 5.21. The maximum absolute atomic E-state index is 13.5. The van der Waals surface area contributed by atoms with Gasteiger partial charge in [-0.25, -0.2) is 4.39 Å². The van der Waals surface area contributed by atoms with E-state index in [0.29, 0.717) is 5.56 Å². The molecule has 23 heavy (non-hydrogen) atoms. The van der Waals surface area contributed by atoms with Gasteiger partial charge in [0.2, 0.25) is 5.91 Å². The van der Waals surface area contributed by atoms with E-state index < -0.39 is 36.3 Å². The van der Waals surface area contributed by atoms with Crippen LogP contribution in [0.5, 0.6) is 0 Å². The Hall–Kier alpha value is -1.38. The van der Waals surface area contributed by atoms with E-state index in [0.717, 1.165) is 6.07 Å². The average Bonchev–Trinajstić information content (AvgIpc) is 2.94. The summed E-state index contributed by atoms with van der Waals surface area (Å²) < 4.78 is 51.8. The Morgan fingerprint density at radius 2 is 2.04 bits per heavy atom. The van der Waals surface area contributed by atoms with Crippen molar-refractivity contribution in [3.63, 3.8) is 0 Å². The van der Waals surface area contributed by atoms with Gasteiger partial charge in [0.25, 0.3) is 0 Å². The Balaban J connectivity index is 0.00000264. The summed E-state index contributed by atoms with van der Waals surface area (Å²) in [7, 11) is 0. The number of carbonyl (C=O) groups excluding carboxylic acids is 1.